The first-order valence-corrected chi connectivity index (χ1v) is 10.9. The Balaban J connectivity index is 2.43. The number of carbonyl (C=O) groups excluding carboxylic acids is 2. The topological polar surface area (TPSA) is 121 Å². The second-order valence-electron chi connectivity index (χ2n) is 8.81. The molecule has 0 fully saturated rings. The summed E-state index contributed by atoms with van der Waals surface area (Å²) in [5, 5.41) is 9.56. The molecule has 0 spiro atoms. The number of esters is 2. The van der Waals surface area contributed by atoms with Crippen LogP contribution < -0.4 is 0 Å². The Kier molecular flexibility index (Phi) is 7.93. The number of H-pyrrole nitrogens is 2. The standard InChI is InChI=1S/C24H34N2O6/c1-8-15-13(3)17(25-21(15)23(30)32-24(5,6)7)12-18-16(10-11-19(27)31-9-2)14(4)20(26-18)22(28)29/h25-26H,8-12H2,1-7H3,(H,28,29). The summed E-state index contributed by atoms with van der Waals surface area (Å²) >= 11 is 0. The molecule has 0 aliphatic rings. The fraction of sp³-hybridized carbons (Fsp3) is 0.542. The van der Waals surface area contributed by atoms with Crippen LogP contribution in [0.3, 0.4) is 0 Å². The summed E-state index contributed by atoms with van der Waals surface area (Å²) in [7, 11) is 0. The number of rotatable bonds is 9. The average molecular weight is 447 g/mol. The largest absolute Gasteiger partial charge is 0.477 e. The van der Waals surface area contributed by atoms with Crippen molar-refractivity contribution in [2.24, 2.45) is 0 Å². The van der Waals surface area contributed by atoms with Crippen LogP contribution in [0.15, 0.2) is 0 Å². The number of aromatic nitrogens is 2. The van der Waals surface area contributed by atoms with Gasteiger partial charge in [-0.25, -0.2) is 9.59 Å². The van der Waals surface area contributed by atoms with Crippen LogP contribution in [0.2, 0.25) is 0 Å². The van der Waals surface area contributed by atoms with Crippen molar-refractivity contribution in [1.82, 2.24) is 9.97 Å². The number of ether oxygens (including phenoxy) is 2. The summed E-state index contributed by atoms with van der Waals surface area (Å²) < 4.78 is 10.6. The van der Waals surface area contributed by atoms with Crippen LogP contribution in [0.5, 0.6) is 0 Å². The van der Waals surface area contributed by atoms with E-state index in [1.807, 2.05) is 34.6 Å². The first-order valence-electron chi connectivity index (χ1n) is 10.9. The Morgan fingerprint density at radius 2 is 1.56 bits per heavy atom. The minimum absolute atomic E-state index is 0.103. The van der Waals surface area contributed by atoms with E-state index < -0.39 is 17.5 Å². The number of carboxylic acid groups (broad SMARTS) is 1. The third-order valence-electron chi connectivity index (χ3n) is 5.36. The number of carboxylic acids is 1. The summed E-state index contributed by atoms with van der Waals surface area (Å²) in [4.78, 5) is 42.5. The van der Waals surface area contributed by atoms with Gasteiger partial charge in [0.15, 0.2) is 0 Å². The predicted molar refractivity (Wildman–Crippen MR) is 120 cm³/mol. The van der Waals surface area contributed by atoms with Gasteiger partial charge in [-0.2, -0.15) is 0 Å². The molecular weight excluding hydrogens is 412 g/mol. The lowest BCUT2D eigenvalue weighted by Gasteiger charge is -2.19. The fourth-order valence-electron chi connectivity index (χ4n) is 3.85. The van der Waals surface area contributed by atoms with Crippen molar-refractivity contribution in [3.63, 3.8) is 0 Å². The van der Waals surface area contributed by atoms with E-state index in [1.165, 1.54) is 0 Å². The smallest absolute Gasteiger partial charge is 0.355 e. The highest BCUT2D eigenvalue weighted by atomic mass is 16.6. The van der Waals surface area contributed by atoms with Gasteiger partial charge >= 0.3 is 17.9 Å². The van der Waals surface area contributed by atoms with Crippen LogP contribution in [0, 0.1) is 13.8 Å². The van der Waals surface area contributed by atoms with E-state index in [1.54, 1.807) is 13.8 Å². The molecule has 0 saturated carbocycles. The molecule has 2 aromatic heterocycles. The Morgan fingerprint density at radius 1 is 0.938 bits per heavy atom. The van der Waals surface area contributed by atoms with E-state index in [4.69, 9.17) is 9.47 Å². The summed E-state index contributed by atoms with van der Waals surface area (Å²) in [5.74, 6) is -1.80. The molecule has 176 valence electrons. The van der Waals surface area contributed by atoms with Crippen LogP contribution in [0.1, 0.15) is 95.7 Å². The molecule has 8 heteroatoms. The van der Waals surface area contributed by atoms with Crippen molar-refractivity contribution >= 4 is 17.9 Å². The number of hydrogen-bond donors (Lipinski definition) is 3. The van der Waals surface area contributed by atoms with Crippen LogP contribution in [0.25, 0.3) is 0 Å². The summed E-state index contributed by atoms with van der Waals surface area (Å²) in [6.07, 6.45) is 1.54. The normalized spacial score (nSPS) is 11.5. The van der Waals surface area contributed by atoms with Gasteiger partial charge in [-0.15, -0.1) is 0 Å². The minimum Gasteiger partial charge on any atom is -0.477 e. The molecule has 0 saturated heterocycles. The van der Waals surface area contributed by atoms with Gasteiger partial charge in [0.25, 0.3) is 0 Å². The molecule has 2 aromatic rings. The van der Waals surface area contributed by atoms with Gasteiger partial charge in [-0.3, -0.25) is 4.79 Å². The Hall–Kier alpha value is -3.03. The molecule has 3 N–H and O–H groups in total. The maximum absolute atomic E-state index is 12.7. The lowest BCUT2D eigenvalue weighted by atomic mass is 10.00. The highest BCUT2D eigenvalue weighted by Gasteiger charge is 2.26. The zero-order valence-electron chi connectivity index (χ0n) is 20.0. The molecule has 0 radical (unpaired) electrons. The number of hydrogen-bond acceptors (Lipinski definition) is 5. The summed E-state index contributed by atoms with van der Waals surface area (Å²) in [6.45, 7) is 13.1. The maximum Gasteiger partial charge on any atom is 0.355 e. The van der Waals surface area contributed by atoms with E-state index in [-0.39, 0.29) is 18.1 Å². The van der Waals surface area contributed by atoms with E-state index in [0.29, 0.717) is 42.8 Å². The molecule has 0 amide bonds. The highest BCUT2D eigenvalue weighted by molar-refractivity contribution is 5.90. The van der Waals surface area contributed by atoms with Crippen molar-refractivity contribution in [3.05, 3.63) is 45.0 Å². The third-order valence-corrected chi connectivity index (χ3v) is 5.36. The Bertz CT molecular complexity index is 1010. The van der Waals surface area contributed by atoms with Gasteiger partial charge in [-0.1, -0.05) is 6.92 Å². The van der Waals surface area contributed by atoms with Gasteiger partial charge in [0, 0.05) is 24.2 Å². The predicted octanol–water partition coefficient (Wildman–Crippen LogP) is 4.26. The minimum atomic E-state index is -1.06. The molecular formula is C24H34N2O6. The molecule has 32 heavy (non-hydrogen) atoms. The summed E-state index contributed by atoms with van der Waals surface area (Å²) in [5.41, 5.74) is 4.61. The van der Waals surface area contributed by atoms with Crippen molar-refractivity contribution in [1.29, 1.82) is 0 Å². The maximum atomic E-state index is 12.7. The van der Waals surface area contributed by atoms with E-state index in [2.05, 4.69) is 9.97 Å². The fourth-order valence-corrected chi connectivity index (χ4v) is 3.85. The Labute approximate surface area is 188 Å². The summed E-state index contributed by atoms with van der Waals surface area (Å²) in [6, 6.07) is 0. The van der Waals surface area contributed by atoms with Crippen LogP contribution in [-0.4, -0.2) is 45.2 Å². The van der Waals surface area contributed by atoms with Crippen LogP contribution in [0.4, 0.5) is 0 Å². The van der Waals surface area contributed by atoms with Gasteiger partial charge in [0.2, 0.25) is 0 Å². The van der Waals surface area contributed by atoms with Gasteiger partial charge in [0.05, 0.1) is 6.61 Å². The average Bonchev–Trinajstić information content (AvgIpc) is 3.16. The van der Waals surface area contributed by atoms with Crippen molar-refractivity contribution in [2.75, 3.05) is 6.61 Å². The Morgan fingerprint density at radius 3 is 2.09 bits per heavy atom. The number of carbonyl (C=O) groups is 3. The molecule has 0 atom stereocenters. The number of aromatic carboxylic acids is 1. The monoisotopic (exact) mass is 446 g/mol. The molecule has 0 unspecified atom stereocenters. The zero-order chi connectivity index (χ0) is 24.2. The number of nitrogens with one attached hydrogen (secondary N) is 2. The van der Waals surface area contributed by atoms with Gasteiger partial charge < -0.3 is 24.5 Å². The zero-order valence-corrected chi connectivity index (χ0v) is 20.0. The lowest BCUT2D eigenvalue weighted by molar-refractivity contribution is -0.143. The van der Waals surface area contributed by atoms with Crippen molar-refractivity contribution in [3.8, 4) is 0 Å². The molecule has 0 aliphatic carbocycles. The quantitative estimate of drug-likeness (QED) is 0.495. The molecule has 2 heterocycles. The van der Waals surface area contributed by atoms with Gasteiger partial charge in [0.1, 0.15) is 17.0 Å². The lowest BCUT2D eigenvalue weighted by Crippen LogP contribution is -2.24. The second kappa shape index (κ2) is 10.1. The van der Waals surface area contributed by atoms with Crippen LogP contribution >= 0.6 is 0 Å². The third kappa shape index (κ3) is 5.81. The van der Waals surface area contributed by atoms with E-state index in [9.17, 15) is 19.5 Å². The molecule has 8 nitrogen and oxygen atoms in total. The first-order chi connectivity index (χ1) is 14.9. The first kappa shape index (κ1) is 25.2. The van der Waals surface area contributed by atoms with Crippen LogP contribution in [-0.2, 0) is 33.5 Å². The molecule has 0 aromatic carbocycles. The molecule has 2 rings (SSSR count). The van der Waals surface area contributed by atoms with E-state index in [0.717, 1.165) is 22.4 Å². The molecule has 0 aliphatic heterocycles. The van der Waals surface area contributed by atoms with Gasteiger partial charge in [-0.05, 0) is 76.6 Å². The second-order valence-corrected chi connectivity index (χ2v) is 8.81. The van der Waals surface area contributed by atoms with E-state index >= 15 is 0 Å². The SMILES string of the molecule is CCOC(=O)CCc1c(Cc2[nH]c(C(=O)OC(C)(C)C)c(CC)c2C)[nH]c(C(=O)O)c1C. The van der Waals surface area contributed by atoms with Crippen molar-refractivity contribution in [2.45, 2.75) is 79.8 Å². The highest BCUT2D eigenvalue weighted by Crippen LogP contribution is 2.27. The number of aromatic amines is 2. The van der Waals surface area contributed by atoms with Crippen molar-refractivity contribution < 1.29 is 29.0 Å². The molecule has 0 bridgehead atoms.